The van der Waals surface area contributed by atoms with Gasteiger partial charge in [0.05, 0.1) is 22.9 Å². The maximum Gasteiger partial charge on any atom is 0.492 e. The van der Waals surface area contributed by atoms with Gasteiger partial charge in [0, 0.05) is 11.9 Å². The van der Waals surface area contributed by atoms with Gasteiger partial charge in [0.25, 0.3) is 0 Å². The minimum absolute atomic E-state index is 0.204. The Labute approximate surface area is 188 Å². The third-order valence-corrected chi connectivity index (χ3v) is 6.06. The van der Waals surface area contributed by atoms with E-state index in [1.165, 1.54) is 0 Å². The van der Waals surface area contributed by atoms with Gasteiger partial charge in [-0.15, -0.1) is 0 Å². The standard InChI is InChI=1S/C24H28BN3O4/c1-23(2)24(3,4)32-25(31-23)20(13-18-11-8-12-19-14-27-28-21(18)19)15-26-22(29)30-16-17-9-6-5-7-10-17/h5-14H,15-16H2,1-4H3,(H,26,29)(H,27,28). The van der Waals surface area contributed by atoms with E-state index in [-0.39, 0.29) is 13.2 Å². The van der Waals surface area contributed by atoms with Crippen LogP contribution in [0.4, 0.5) is 4.79 Å². The summed E-state index contributed by atoms with van der Waals surface area (Å²) in [4.78, 5) is 12.4. The summed E-state index contributed by atoms with van der Waals surface area (Å²) in [5, 5.41) is 11.0. The van der Waals surface area contributed by atoms with E-state index < -0.39 is 24.4 Å². The number of ether oxygens (including phenoxy) is 1. The summed E-state index contributed by atoms with van der Waals surface area (Å²) in [6.45, 7) is 8.43. The molecule has 0 unspecified atom stereocenters. The second-order valence-electron chi connectivity index (χ2n) is 8.90. The van der Waals surface area contributed by atoms with Crippen LogP contribution in [-0.2, 0) is 20.7 Å². The Morgan fingerprint density at radius 3 is 2.53 bits per heavy atom. The highest BCUT2D eigenvalue weighted by molar-refractivity contribution is 6.56. The maximum atomic E-state index is 12.4. The Hall–Kier alpha value is -3.10. The Morgan fingerprint density at radius 2 is 1.81 bits per heavy atom. The first-order valence-electron chi connectivity index (χ1n) is 10.7. The first-order chi connectivity index (χ1) is 15.2. The molecular weight excluding hydrogens is 405 g/mol. The number of hydrogen-bond donors (Lipinski definition) is 2. The molecule has 1 fully saturated rings. The van der Waals surface area contributed by atoms with Crippen molar-refractivity contribution in [3.8, 4) is 0 Å². The van der Waals surface area contributed by atoms with Crippen LogP contribution in [-0.4, -0.2) is 41.2 Å². The van der Waals surface area contributed by atoms with Crippen molar-refractivity contribution < 1.29 is 18.8 Å². The number of carbonyl (C=O) groups excluding carboxylic acids is 1. The maximum absolute atomic E-state index is 12.4. The number of nitrogens with zero attached hydrogens (tertiary/aromatic N) is 1. The summed E-state index contributed by atoms with van der Waals surface area (Å²) in [5.41, 5.74) is 2.56. The average Bonchev–Trinajstić information content (AvgIpc) is 3.32. The Bertz CT molecular complexity index is 1110. The lowest BCUT2D eigenvalue weighted by Crippen LogP contribution is -2.41. The van der Waals surface area contributed by atoms with Crippen LogP contribution in [0.25, 0.3) is 17.0 Å². The van der Waals surface area contributed by atoms with Gasteiger partial charge >= 0.3 is 13.2 Å². The van der Waals surface area contributed by atoms with Crippen molar-refractivity contribution in [2.75, 3.05) is 6.54 Å². The minimum Gasteiger partial charge on any atom is -0.445 e. The summed E-state index contributed by atoms with van der Waals surface area (Å²) in [6.07, 6.45) is 3.25. The Balaban J connectivity index is 1.53. The van der Waals surface area contributed by atoms with E-state index in [1.54, 1.807) is 6.20 Å². The van der Waals surface area contributed by atoms with Crippen LogP contribution >= 0.6 is 0 Å². The second-order valence-corrected chi connectivity index (χ2v) is 8.90. The molecule has 0 aliphatic carbocycles. The number of benzene rings is 2. The summed E-state index contributed by atoms with van der Waals surface area (Å²) < 4.78 is 17.8. The summed E-state index contributed by atoms with van der Waals surface area (Å²) in [6, 6.07) is 15.5. The van der Waals surface area contributed by atoms with E-state index in [2.05, 4.69) is 15.5 Å². The van der Waals surface area contributed by atoms with Gasteiger partial charge in [0.1, 0.15) is 6.61 Å². The smallest absolute Gasteiger partial charge is 0.445 e. The number of hydrogen-bond acceptors (Lipinski definition) is 5. The number of amides is 1. The van der Waals surface area contributed by atoms with Crippen molar-refractivity contribution in [2.45, 2.75) is 45.5 Å². The lowest BCUT2D eigenvalue weighted by Gasteiger charge is -2.32. The molecule has 1 aliphatic heterocycles. The van der Waals surface area contributed by atoms with Crippen molar-refractivity contribution in [1.82, 2.24) is 15.5 Å². The molecule has 32 heavy (non-hydrogen) atoms. The van der Waals surface area contributed by atoms with E-state index in [0.717, 1.165) is 27.5 Å². The number of aromatic nitrogens is 2. The molecule has 2 aromatic carbocycles. The van der Waals surface area contributed by atoms with Gasteiger partial charge in [0.2, 0.25) is 0 Å². The van der Waals surface area contributed by atoms with E-state index in [4.69, 9.17) is 14.0 Å². The van der Waals surface area contributed by atoms with Crippen molar-refractivity contribution >= 4 is 30.2 Å². The average molecular weight is 433 g/mol. The van der Waals surface area contributed by atoms with Gasteiger partial charge in [-0.25, -0.2) is 4.79 Å². The highest BCUT2D eigenvalue weighted by Gasteiger charge is 2.52. The van der Waals surface area contributed by atoms with E-state index >= 15 is 0 Å². The number of H-pyrrole nitrogens is 1. The molecular formula is C24H28BN3O4. The SMILES string of the molecule is CC1(C)OB(C(=Cc2cccc3cn[nH]c23)CNC(=O)OCc2ccccc2)OC1(C)C. The lowest BCUT2D eigenvalue weighted by molar-refractivity contribution is 0.00578. The molecule has 7 nitrogen and oxygen atoms in total. The van der Waals surface area contributed by atoms with Crippen molar-refractivity contribution in [1.29, 1.82) is 0 Å². The molecule has 2 heterocycles. The Morgan fingerprint density at radius 1 is 1.09 bits per heavy atom. The molecule has 0 atom stereocenters. The molecule has 2 N–H and O–H groups in total. The first kappa shape index (κ1) is 22.1. The molecule has 4 rings (SSSR count). The van der Waals surface area contributed by atoms with Crippen LogP contribution in [0.1, 0.15) is 38.8 Å². The fourth-order valence-corrected chi connectivity index (χ4v) is 3.46. The third-order valence-electron chi connectivity index (χ3n) is 6.06. The fraction of sp³-hybridized carbons (Fsp3) is 0.333. The molecule has 0 bridgehead atoms. The molecule has 166 valence electrons. The number of rotatable bonds is 6. The predicted octanol–water partition coefficient (Wildman–Crippen LogP) is 4.50. The number of fused-ring (bicyclic) bond motifs is 1. The lowest BCUT2D eigenvalue weighted by atomic mass is 9.77. The summed E-state index contributed by atoms with van der Waals surface area (Å²) in [7, 11) is -0.604. The predicted molar refractivity (Wildman–Crippen MR) is 125 cm³/mol. The van der Waals surface area contributed by atoms with Crippen molar-refractivity contribution in [3.63, 3.8) is 0 Å². The summed E-state index contributed by atoms with van der Waals surface area (Å²) >= 11 is 0. The molecule has 0 saturated carbocycles. The number of para-hydroxylation sites is 1. The molecule has 1 aromatic heterocycles. The minimum atomic E-state index is -0.604. The molecule has 0 spiro atoms. The normalized spacial score (nSPS) is 17.5. The Kier molecular flexibility index (Phi) is 6.08. The van der Waals surface area contributed by atoms with Crippen LogP contribution in [0.15, 0.2) is 60.2 Å². The zero-order valence-corrected chi connectivity index (χ0v) is 18.8. The van der Waals surface area contributed by atoms with E-state index in [1.807, 2.05) is 82.3 Å². The molecule has 3 aromatic rings. The fourth-order valence-electron chi connectivity index (χ4n) is 3.46. The zero-order chi connectivity index (χ0) is 22.8. The van der Waals surface area contributed by atoms with Gasteiger partial charge in [-0.05, 0) is 44.3 Å². The molecule has 8 heteroatoms. The summed E-state index contributed by atoms with van der Waals surface area (Å²) in [5.74, 6) is 0. The highest BCUT2D eigenvalue weighted by atomic mass is 16.7. The quantitative estimate of drug-likeness (QED) is 0.559. The number of alkyl carbamates (subject to hydrolysis) is 1. The van der Waals surface area contributed by atoms with Gasteiger partial charge in [-0.3, -0.25) is 5.10 Å². The van der Waals surface area contributed by atoms with E-state index in [0.29, 0.717) is 0 Å². The number of nitrogens with one attached hydrogen (secondary N) is 2. The first-order valence-corrected chi connectivity index (χ1v) is 10.7. The topological polar surface area (TPSA) is 85.5 Å². The van der Waals surface area contributed by atoms with Gasteiger partial charge < -0.3 is 19.4 Å². The van der Waals surface area contributed by atoms with Crippen molar-refractivity contribution in [2.24, 2.45) is 0 Å². The van der Waals surface area contributed by atoms with Crippen LogP contribution in [0, 0.1) is 0 Å². The molecule has 1 amide bonds. The monoisotopic (exact) mass is 433 g/mol. The third kappa shape index (κ3) is 4.71. The number of carbonyl (C=O) groups is 1. The van der Waals surface area contributed by atoms with Crippen LogP contribution in [0.5, 0.6) is 0 Å². The van der Waals surface area contributed by atoms with Crippen molar-refractivity contribution in [3.05, 3.63) is 71.3 Å². The van der Waals surface area contributed by atoms with Crippen LogP contribution < -0.4 is 5.32 Å². The highest BCUT2D eigenvalue weighted by Crippen LogP contribution is 2.39. The molecule has 0 radical (unpaired) electrons. The van der Waals surface area contributed by atoms with E-state index in [9.17, 15) is 4.79 Å². The largest absolute Gasteiger partial charge is 0.492 e. The molecule has 1 saturated heterocycles. The van der Waals surface area contributed by atoms with Crippen LogP contribution in [0.2, 0.25) is 0 Å². The number of aromatic amines is 1. The molecule has 1 aliphatic rings. The van der Waals surface area contributed by atoms with Crippen LogP contribution in [0.3, 0.4) is 0 Å². The second kappa shape index (κ2) is 8.80. The van der Waals surface area contributed by atoms with Gasteiger partial charge in [-0.1, -0.05) is 54.6 Å². The zero-order valence-electron chi connectivity index (χ0n) is 18.8. The van der Waals surface area contributed by atoms with Gasteiger partial charge in [-0.2, -0.15) is 5.10 Å². The van der Waals surface area contributed by atoms with Gasteiger partial charge in [0.15, 0.2) is 0 Å².